The van der Waals surface area contributed by atoms with Crippen LogP contribution in [0, 0.1) is 0 Å². The van der Waals surface area contributed by atoms with E-state index in [0.29, 0.717) is 5.92 Å². The van der Waals surface area contributed by atoms with Crippen molar-refractivity contribution in [3.63, 3.8) is 0 Å². The molecule has 0 radical (unpaired) electrons. The van der Waals surface area contributed by atoms with Gasteiger partial charge in [0.05, 0.1) is 0 Å². The quantitative estimate of drug-likeness (QED) is 0.342. The molecule has 0 saturated carbocycles. The third-order valence-electron chi connectivity index (χ3n) is 1.36. The van der Waals surface area contributed by atoms with E-state index < -0.39 is 0 Å². The molecule has 0 aliphatic heterocycles. The molecule has 0 bridgehead atoms. The molecule has 0 fully saturated rings. The summed E-state index contributed by atoms with van der Waals surface area (Å²) >= 11 is 0. The molecule has 0 N–H and O–H groups in total. The van der Waals surface area contributed by atoms with Crippen LogP contribution in [0.15, 0.2) is 24.3 Å². The van der Waals surface area contributed by atoms with E-state index in [-0.39, 0.29) is 18.9 Å². The molecule has 1 aromatic rings. The Labute approximate surface area is 68.8 Å². The SMILES string of the molecule is CC(C)[c-]1cccc1.[Li+]. The van der Waals surface area contributed by atoms with E-state index in [1.165, 1.54) is 5.56 Å². The molecule has 0 saturated heterocycles. The first kappa shape index (κ1) is 8.95. The molecule has 1 rings (SSSR count). The van der Waals surface area contributed by atoms with Crippen LogP contribution in [0.5, 0.6) is 0 Å². The van der Waals surface area contributed by atoms with E-state index >= 15 is 0 Å². The van der Waals surface area contributed by atoms with E-state index in [9.17, 15) is 0 Å². The van der Waals surface area contributed by atoms with Gasteiger partial charge in [0, 0.05) is 0 Å². The predicted molar refractivity (Wildman–Crippen MR) is 36.1 cm³/mol. The third-order valence-corrected chi connectivity index (χ3v) is 1.36. The van der Waals surface area contributed by atoms with E-state index in [0.717, 1.165) is 0 Å². The van der Waals surface area contributed by atoms with Crippen LogP contribution in [0.3, 0.4) is 0 Å². The van der Waals surface area contributed by atoms with Crippen molar-refractivity contribution in [1.29, 1.82) is 0 Å². The van der Waals surface area contributed by atoms with Crippen molar-refractivity contribution < 1.29 is 18.9 Å². The Morgan fingerprint density at radius 2 is 1.56 bits per heavy atom. The van der Waals surface area contributed by atoms with Crippen molar-refractivity contribution in [3.8, 4) is 0 Å². The van der Waals surface area contributed by atoms with Gasteiger partial charge in [0.2, 0.25) is 0 Å². The summed E-state index contributed by atoms with van der Waals surface area (Å²) in [5, 5.41) is 0. The smallest absolute Gasteiger partial charge is 0.213 e. The van der Waals surface area contributed by atoms with Gasteiger partial charge in [-0.05, 0) is 0 Å². The summed E-state index contributed by atoms with van der Waals surface area (Å²) < 4.78 is 0. The molecule has 0 atom stereocenters. The Hall–Kier alpha value is -0.0526. The molecule has 1 aromatic carbocycles. The minimum atomic E-state index is 0. The molecular formula is C8H11Li. The van der Waals surface area contributed by atoms with Gasteiger partial charge in [0.25, 0.3) is 0 Å². The summed E-state index contributed by atoms with van der Waals surface area (Å²) in [5.74, 6) is 0.685. The van der Waals surface area contributed by atoms with Crippen molar-refractivity contribution in [3.05, 3.63) is 29.8 Å². The molecule has 0 aliphatic rings. The van der Waals surface area contributed by atoms with Crippen LogP contribution in [0.25, 0.3) is 0 Å². The zero-order chi connectivity index (χ0) is 5.98. The van der Waals surface area contributed by atoms with Gasteiger partial charge < -0.3 is 0 Å². The molecule has 0 spiro atoms. The van der Waals surface area contributed by atoms with Crippen LogP contribution in [0.4, 0.5) is 0 Å². The van der Waals surface area contributed by atoms with Gasteiger partial charge in [0.1, 0.15) is 0 Å². The Bertz CT molecular complexity index is 140. The average molecular weight is 114 g/mol. The van der Waals surface area contributed by atoms with Crippen molar-refractivity contribution >= 4 is 0 Å². The summed E-state index contributed by atoms with van der Waals surface area (Å²) in [4.78, 5) is 0. The summed E-state index contributed by atoms with van der Waals surface area (Å²) in [6.07, 6.45) is 0. The van der Waals surface area contributed by atoms with Gasteiger partial charge >= 0.3 is 18.9 Å². The fourth-order valence-corrected chi connectivity index (χ4v) is 0.774. The maximum Gasteiger partial charge on any atom is 1.00 e. The monoisotopic (exact) mass is 114 g/mol. The molecule has 9 heavy (non-hydrogen) atoms. The zero-order valence-corrected chi connectivity index (χ0v) is 6.39. The Morgan fingerprint density at radius 1 is 1.11 bits per heavy atom. The van der Waals surface area contributed by atoms with Crippen molar-refractivity contribution in [2.24, 2.45) is 0 Å². The second-order valence-electron chi connectivity index (χ2n) is 2.37. The Balaban J connectivity index is 0.000000640. The van der Waals surface area contributed by atoms with Gasteiger partial charge in [-0.3, -0.25) is 0 Å². The summed E-state index contributed by atoms with van der Waals surface area (Å²) in [6, 6.07) is 8.47. The maximum absolute atomic E-state index is 2.20. The fraction of sp³-hybridized carbons (Fsp3) is 0.375. The van der Waals surface area contributed by atoms with Crippen molar-refractivity contribution in [1.82, 2.24) is 0 Å². The third kappa shape index (κ3) is 2.35. The molecule has 44 valence electrons. The van der Waals surface area contributed by atoms with Crippen molar-refractivity contribution in [2.45, 2.75) is 19.8 Å². The van der Waals surface area contributed by atoms with Crippen molar-refractivity contribution in [2.75, 3.05) is 0 Å². The van der Waals surface area contributed by atoms with Gasteiger partial charge in [-0.25, -0.2) is 12.1 Å². The van der Waals surface area contributed by atoms with E-state index in [1.54, 1.807) is 0 Å². The predicted octanol–water partition coefficient (Wildman–Crippen LogP) is -0.467. The van der Waals surface area contributed by atoms with Crippen LogP contribution < -0.4 is 18.9 Å². The van der Waals surface area contributed by atoms with Crippen LogP contribution in [-0.2, 0) is 0 Å². The number of hydrogen-bond acceptors (Lipinski definition) is 0. The Kier molecular flexibility index (Phi) is 3.85. The topological polar surface area (TPSA) is 0 Å². The Morgan fingerprint density at radius 3 is 1.78 bits per heavy atom. The molecular weight excluding hydrogens is 103 g/mol. The molecule has 0 aliphatic carbocycles. The average Bonchev–Trinajstić information content (AvgIpc) is 2.12. The first-order valence-corrected chi connectivity index (χ1v) is 3.02. The number of hydrogen-bond donors (Lipinski definition) is 0. The van der Waals surface area contributed by atoms with Gasteiger partial charge in [-0.1, -0.05) is 19.8 Å². The summed E-state index contributed by atoms with van der Waals surface area (Å²) in [6.45, 7) is 4.41. The van der Waals surface area contributed by atoms with Gasteiger partial charge in [-0.2, -0.15) is 17.7 Å². The standard InChI is InChI=1S/C8H11.Li/c1-7(2)8-5-3-4-6-8;/h3-7H,1-2H3;/q-1;+1. The van der Waals surface area contributed by atoms with E-state index in [4.69, 9.17) is 0 Å². The molecule has 0 amide bonds. The van der Waals surface area contributed by atoms with Gasteiger partial charge in [0.15, 0.2) is 0 Å². The summed E-state index contributed by atoms with van der Waals surface area (Å²) in [5.41, 5.74) is 1.44. The normalized spacial score (nSPS) is 9.22. The van der Waals surface area contributed by atoms with E-state index in [2.05, 4.69) is 38.1 Å². The zero-order valence-electron chi connectivity index (χ0n) is 6.39. The molecule has 0 heterocycles. The maximum atomic E-state index is 2.20. The number of rotatable bonds is 1. The fourth-order valence-electron chi connectivity index (χ4n) is 0.774. The first-order chi connectivity index (χ1) is 3.80. The minimum absolute atomic E-state index is 0. The second kappa shape index (κ2) is 3.88. The van der Waals surface area contributed by atoms with E-state index in [1.807, 2.05) is 0 Å². The molecule has 0 aromatic heterocycles. The van der Waals surface area contributed by atoms with Crippen LogP contribution in [-0.4, -0.2) is 0 Å². The minimum Gasteiger partial charge on any atom is -0.213 e. The van der Waals surface area contributed by atoms with Gasteiger partial charge in [-0.15, -0.1) is 0 Å². The van der Waals surface area contributed by atoms with Crippen LogP contribution in [0.2, 0.25) is 0 Å². The van der Waals surface area contributed by atoms with Crippen LogP contribution in [0.1, 0.15) is 25.3 Å². The summed E-state index contributed by atoms with van der Waals surface area (Å²) in [7, 11) is 0. The second-order valence-corrected chi connectivity index (χ2v) is 2.37. The molecule has 1 heteroatoms. The molecule has 0 nitrogen and oxygen atoms in total. The largest absolute Gasteiger partial charge is 1.00 e. The van der Waals surface area contributed by atoms with Crippen LogP contribution >= 0.6 is 0 Å². The molecule has 0 unspecified atom stereocenters. The first-order valence-electron chi connectivity index (χ1n) is 3.02.